The number of fused-ring (bicyclic) bond motifs is 1. The number of amides is 1. The quantitative estimate of drug-likeness (QED) is 0.891. The summed E-state index contributed by atoms with van der Waals surface area (Å²) < 4.78 is 6.16. The number of methoxy groups -OCH3 is 1. The minimum atomic E-state index is -0.000509. The van der Waals surface area contributed by atoms with Crippen LogP contribution in [0.1, 0.15) is 23.5 Å². The first-order valence-electron chi connectivity index (χ1n) is 7.09. The maximum atomic E-state index is 12.8. The van der Waals surface area contributed by atoms with E-state index in [4.69, 9.17) is 10.5 Å². The Morgan fingerprint density at radius 1 is 1.38 bits per heavy atom. The molecule has 1 aromatic carbocycles. The second-order valence-corrected chi connectivity index (χ2v) is 6.53. The predicted octanol–water partition coefficient (Wildman–Crippen LogP) is 3.23. The van der Waals surface area contributed by atoms with Crippen molar-refractivity contribution in [2.75, 3.05) is 32.5 Å². The molecule has 0 aliphatic rings. The predicted molar refractivity (Wildman–Crippen MR) is 88.9 cm³/mol. The van der Waals surface area contributed by atoms with Crippen molar-refractivity contribution in [1.82, 2.24) is 4.90 Å². The lowest BCUT2D eigenvalue weighted by Gasteiger charge is -2.24. The van der Waals surface area contributed by atoms with Crippen molar-refractivity contribution in [2.45, 2.75) is 13.8 Å². The molecule has 2 aromatic rings. The molecule has 0 saturated carbocycles. The van der Waals surface area contributed by atoms with Gasteiger partial charge in [0.05, 0.1) is 12.3 Å². The summed E-state index contributed by atoms with van der Waals surface area (Å²) in [6.45, 7) is 6.02. The number of benzene rings is 1. The molecule has 114 valence electrons. The lowest BCUT2D eigenvalue weighted by Crippen LogP contribution is -2.36. The van der Waals surface area contributed by atoms with Crippen LogP contribution in [0, 0.1) is 5.92 Å². The average Bonchev–Trinajstić information content (AvgIpc) is 2.80. The zero-order valence-corrected chi connectivity index (χ0v) is 13.6. The van der Waals surface area contributed by atoms with Crippen LogP contribution in [-0.2, 0) is 4.74 Å². The van der Waals surface area contributed by atoms with Crippen LogP contribution in [0.25, 0.3) is 10.1 Å². The number of carbonyl (C=O) groups is 1. The van der Waals surface area contributed by atoms with Gasteiger partial charge in [-0.25, -0.2) is 0 Å². The molecule has 0 radical (unpaired) electrons. The Balaban J connectivity index is 2.31. The highest BCUT2D eigenvalue weighted by Crippen LogP contribution is 2.34. The van der Waals surface area contributed by atoms with E-state index in [1.165, 1.54) is 11.3 Å². The molecule has 4 nitrogen and oxygen atoms in total. The van der Waals surface area contributed by atoms with E-state index in [1.54, 1.807) is 7.11 Å². The van der Waals surface area contributed by atoms with Crippen molar-refractivity contribution >= 4 is 33.0 Å². The van der Waals surface area contributed by atoms with Crippen LogP contribution in [0.3, 0.4) is 0 Å². The van der Waals surface area contributed by atoms with Gasteiger partial charge in [-0.05, 0) is 12.0 Å². The lowest BCUT2D eigenvalue weighted by atomic mass is 10.2. The standard InChI is InChI=1S/C16H22N2O2S/c1-11(2)10-18(8-9-20-3)16(19)15-14(17)12-6-4-5-7-13(12)21-15/h4-7,11H,8-10,17H2,1-3H3. The minimum Gasteiger partial charge on any atom is -0.397 e. The van der Waals surface area contributed by atoms with Crippen LogP contribution in [-0.4, -0.2) is 37.6 Å². The Morgan fingerprint density at radius 3 is 2.71 bits per heavy atom. The maximum absolute atomic E-state index is 12.8. The molecule has 1 aromatic heterocycles. The summed E-state index contributed by atoms with van der Waals surface area (Å²) in [6.07, 6.45) is 0. The van der Waals surface area contributed by atoms with Gasteiger partial charge in [-0.3, -0.25) is 4.79 Å². The molecule has 0 saturated heterocycles. The minimum absolute atomic E-state index is 0.000509. The number of nitrogens with two attached hydrogens (primary N) is 1. The van der Waals surface area contributed by atoms with Gasteiger partial charge in [-0.2, -0.15) is 0 Å². The molecular formula is C16H22N2O2S. The zero-order chi connectivity index (χ0) is 15.4. The number of rotatable bonds is 6. The molecule has 1 amide bonds. The van der Waals surface area contributed by atoms with Crippen molar-refractivity contribution in [3.8, 4) is 0 Å². The number of hydrogen-bond donors (Lipinski definition) is 1. The van der Waals surface area contributed by atoms with E-state index < -0.39 is 0 Å². The lowest BCUT2D eigenvalue weighted by molar-refractivity contribution is 0.0678. The van der Waals surface area contributed by atoms with E-state index in [0.29, 0.717) is 36.2 Å². The fourth-order valence-corrected chi connectivity index (χ4v) is 3.38. The highest BCUT2D eigenvalue weighted by Gasteiger charge is 2.22. The average molecular weight is 306 g/mol. The first-order valence-corrected chi connectivity index (χ1v) is 7.91. The molecule has 5 heteroatoms. The van der Waals surface area contributed by atoms with E-state index in [2.05, 4.69) is 13.8 Å². The van der Waals surface area contributed by atoms with Crippen LogP contribution < -0.4 is 5.73 Å². The van der Waals surface area contributed by atoms with Gasteiger partial charge in [-0.15, -0.1) is 11.3 Å². The Morgan fingerprint density at radius 2 is 2.10 bits per heavy atom. The van der Waals surface area contributed by atoms with Crippen LogP contribution >= 0.6 is 11.3 Å². The Labute approximate surface area is 129 Å². The fourth-order valence-electron chi connectivity index (χ4n) is 2.29. The van der Waals surface area contributed by atoms with Gasteiger partial charge in [0.15, 0.2) is 0 Å². The highest BCUT2D eigenvalue weighted by molar-refractivity contribution is 7.21. The molecule has 0 spiro atoms. The van der Waals surface area contributed by atoms with Crippen molar-refractivity contribution in [3.63, 3.8) is 0 Å². The third kappa shape index (κ3) is 3.54. The number of ether oxygens (including phenoxy) is 1. The number of hydrogen-bond acceptors (Lipinski definition) is 4. The van der Waals surface area contributed by atoms with Crippen molar-refractivity contribution in [1.29, 1.82) is 0 Å². The molecule has 0 fully saturated rings. The molecule has 0 atom stereocenters. The molecular weight excluding hydrogens is 284 g/mol. The summed E-state index contributed by atoms with van der Waals surface area (Å²) in [5.74, 6) is 0.404. The third-order valence-corrected chi connectivity index (χ3v) is 4.44. The smallest absolute Gasteiger partial charge is 0.266 e. The van der Waals surface area contributed by atoms with E-state index in [0.717, 1.165) is 10.1 Å². The van der Waals surface area contributed by atoms with Crippen LogP contribution in [0.15, 0.2) is 24.3 Å². The van der Waals surface area contributed by atoms with Gasteiger partial charge in [0.25, 0.3) is 5.91 Å². The van der Waals surface area contributed by atoms with E-state index in [-0.39, 0.29) is 5.91 Å². The summed E-state index contributed by atoms with van der Waals surface area (Å²) in [6, 6.07) is 7.86. The van der Waals surface area contributed by atoms with E-state index >= 15 is 0 Å². The number of carbonyl (C=O) groups excluding carboxylic acids is 1. The van der Waals surface area contributed by atoms with E-state index in [9.17, 15) is 4.79 Å². The van der Waals surface area contributed by atoms with Gasteiger partial charge in [-0.1, -0.05) is 32.0 Å². The second-order valence-electron chi connectivity index (χ2n) is 5.48. The first kappa shape index (κ1) is 15.8. The van der Waals surface area contributed by atoms with Crippen molar-refractivity contribution in [3.05, 3.63) is 29.1 Å². The van der Waals surface area contributed by atoms with Crippen LogP contribution in [0.5, 0.6) is 0 Å². The highest BCUT2D eigenvalue weighted by atomic mass is 32.1. The van der Waals surface area contributed by atoms with Gasteiger partial charge in [0, 0.05) is 30.3 Å². The molecule has 2 N–H and O–H groups in total. The first-order chi connectivity index (χ1) is 10.0. The molecule has 0 aliphatic heterocycles. The maximum Gasteiger partial charge on any atom is 0.266 e. The molecule has 2 rings (SSSR count). The van der Waals surface area contributed by atoms with Crippen LogP contribution in [0.4, 0.5) is 5.69 Å². The topological polar surface area (TPSA) is 55.6 Å². The second kappa shape index (κ2) is 6.91. The number of nitrogens with zero attached hydrogens (tertiary/aromatic N) is 1. The normalized spacial score (nSPS) is 11.2. The molecule has 1 heterocycles. The van der Waals surface area contributed by atoms with Gasteiger partial charge < -0.3 is 15.4 Å². The van der Waals surface area contributed by atoms with Crippen LogP contribution in [0.2, 0.25) is 0 Å². The fraction of sp³-hybridized carbons (Fsp3) is 0.438. The van der Waals surface area contributed by atoms with Gasteiger partial charge in [0.2, 0.25) is 0 Å². The van der Waals surface area contributed by atoms with Crippen molar-refractivity contribution in [2.24, 2.45) is 5.92 Å². The Bertz CT molecular complexity index is 622. The monoisotopic (exact) mass is 306 g/mol. The SMILES string of the molecule is COCCN(CC(C)C)C(=O)c1sc2ccccc2c1N. The van der Waals surface area contributed by atoms with E-state index in [1.807, 2.05) is 29.2 Å². The Hall–Kier alpha value is -1.59. The molecule has 0 bridgehead atoms. The van der Waals surface area contributed by atoms with Crippen molar-refractivity contribution < 1.29 is 9.53 Å². The number of anilines is 1. The summed E-state index contributed by atoms with van der Waals surface area (Å²) >= 11 is 1.46. The number of nitrogen functional groups attached to an aromatic ring is 1. The van der Waals surface area contributed by atoms with Gasteiger partial charge in [0.1, 0.15) is 4.88 Å². The molecule has 0 aliphatic carbocycles. The summed E-state index contributed by atoms with van der Waals surface area (Å²) in [4.78, 5) is 15.2. The largest absolute Gasteiger partial charge is 0.397 e. The third-order valence-electron chi connectivity index (χ3n) is 3.27. The molecule has 21 heavy (non-hydrogen) atoms. The Kier molecular flexibility index (Phi) is 5.20. The molecule has 0 unspecified atom stereocenters. The van der Waals surface area contributed by atoms with Gasteiger partial charge >= 0.3 is 0 Å². The summed E-state index contributed by atoms with van der Waals surface area (Å²) in [5.41, 5.74) is 6.76. The summed E-state index contributed by atoms with van der Waals surface area (Å²) in [7, 11) is 1.64. The zero-order valence-electron chi connectivity index (χ0n) is 12.8. The summed E-state index contributed by atoms with van der Waals surface area (Å²) in [5, 5.41) is 0.960. The number of thiophene rings is 1.